The van der Waals surface area contributed by atoms with Gasteiger partial charge in [0.25, 0.3) is 5.91 Å². The number of carbonyl (C=O) groups excluding carboxylic acids is 2. The minimum absolute atomic E-state index is 0. The Balaban J connectivity index is 0.00000392. The monoisotopic (exact) mass is 407 g/mol. The summed E-state index contributed by atoms with van der Waals surface area (Å²) in [6, 6.07) is 12.7. The Morgan fingerprint density at radius 1 is 1.07 bits per heavy atom. The summed E-state index contributed by atoms with van der Waals surface area (Å²) in [5.74, 6) is -0.923. The Labute approximate surface area is 171 Å². The molecule has 0 aromatic heterocycles. The van der Waals surface area contributed by atoms with Crippen molar-refractivity contribution in [3.8, 4) is 0 Å². The number of halogens is 2. The second kappa shape index (κ2) is 10.8. The molecule has 7 heteroatoms. The van der Waals surface area contributed by atoms with Crippen LogP contribution in [0.3, 0.4) is 0 Å². The van der Waals surface area contributed by atoms with Gasteiger partial charge in [-0.15, -0.1) is 12.4 Å². The fraction of sp³-hybridized carbons (Fsp3) is 0.333. The van der Waals surface area contributed by atoms with Crippen molar-refractivity contribution in [2.75, 3.05) is 11.9 Å². The topological polar surface area (TPSA) is 84.2 Å². The van der Waals surface area contributed by atoms with E-state index in [4.69, 9.17) is 5.73 Å². The van der Waals surface area contributed by atoms with Crippen molar-refractivity contribution in [2.24, 2.45) is 11.1 Å². The zero-order valence-corrected chi connectivity index (χ0v) is 16.9. The van der Waals surface area contributed by atoms with Gasteiger partial charge in [0.2, 0.25) is 5.91 Å². The van der Waals surface area contributed by atoms with E-state index in [1.54, 1.807) is 24.3 Å². The molecule has 2 aromatic carbocycles. The van der Waals surface area contributed by atoms with Gasteiger partial charge in [-0.2, -0.15) is 0 Å². The van der Waals surface area contributed by atoms with E-state index in [9.17, 15) is 14.0 Å². The highest BCUT2D eigenvalue weighted by atomic mass is 35.5. The van der Waals surface area contributed by atoms with Crippen LogP contribution in [0.5, 0.6) is 0 Å². The maximum absolute atomic E-state index is 13.3. The van der Waals surface area contributed by atoms with Crippen molar-refractivity contribution in [3.05, 3.63) is 65.5 Å². The standard InChI is InChI=1S/C21H26FN3O2.ClH/c1-3-21(4-2,14-23)20(27)24-13-15-7-5-10-18(11-15)25-19(26)16-8-6-9-17(22)12-16;/h5-12H,3-4,13-14,23H2,1-2H3,(H,24,27)(H,25,26);1H. The molecule has 2 amide bonds. The van der Waals surface area contributed by atoms with Crippen LogP contribution in [-0.2, 0) is 11.3 Å². The smallest absolute Gasteiger partial charge is 0.255 e. The van der Waals surface area contributed by atoms with Crippen LogP contribution in [-0.4, -0.2) is 18.4 Å². The Morgan fingerprint density at radius 3 is 2.36 bits per heavy atom. The van der Waals surface area contributed by atoms with Crippen LogP contribution >= 0.6 is 12.4 Å². The van der Waals surface area contributed by atoms with E-state index in [0.29, 0.717) is 31.6 Å². The first-order valence-electron chi connectivity index (χ1n) is 9.08. The summed E-state index contributed by atoms with van der Waals surface area (Å²) in [5.41, 5.74) is 6.92. The van der Waals surface area contributed by atoms with Crippen molar-refractivity contribution in [1.82, 2.24) is 5.32 Å². The molecule has 28 heavy (non-hydrogen) atoms. The SMILES string of the molecule is CCC(CC)(CN)C(=O)NCc1cccc(NC(=O)c2cccc(F)c2)c1.Cl. The average molecular weight is 408 g/mol. The lowest BCUT2D eigenvalue weighted by atomic mass is 9.81. The quantitative estimate of drug-likeness (QED) is 0.620. The fourth-order valence-corrected chi connectivity index (χ4v) is 2.91. The van der Waals surface area contributed by atoms with Gasteiger partial charge in [0, 0.05) is 24.3 Å². The predicted molar refractivity (Wildman–Crippen MR) is 112 cm³/mol. The molecule has 4 N–H and O–H groups in total. The molecule has 2 aromatic rings. The Kier molecular flexibility index (Phi) is 9.09. The van der Waals surface area contributed by atoms with Crippen LogP contribution < -0.4 is 16.4 Å². The fourth-order valence-electron chi connectivity index (χ4n) is 2.91. The molecule has 0 fully saturated rings. The zero-order valence-electron chi connectivity index (χ0n) is 16.1. The molecule has 0 aliphatic rings. The molecule has 0 saturated carbocycles. The molecular weight excluding hydrogens is 381 g/mol. The lowest BCUT2D eigenvalue weighted by Gasteiger charge is -2.28. The Hall–Kier alpha value is -2.44. The average Bonchev–Trinajstić information content (AvgIpc) is 2.68. The molecule has 0 unspecified atom stereocenters. The minimum atomic E-state index is -0.552. The number of amides is 2. The summed E-state index contributed by atoms with van der Waals surface area (Å²) >= 11 is 0. The summed E-state index contributed by atoms with van der Waals surface area (Å²) in [6.45, 7) is 4.55. The molecule has 0 aliphatic carbocycles. The third-order valence-electron chi connectivity index (χ3n) is 4.95. The van der Waals surface area contributed by atoms with Crippen LogP contribution in [0.15, 0.2) is 48.5 Å². The maximum atomic E-state index is 13.3. The number of carbonyl (C=O) groups is 2. The van der Waals surface area contributed by atoms with Gasteiger partial charge in [-0.05, 0) is 48.7 Å². The van der Waals surface area contributed by atoms with Gasteiger partial charge in [0.05, 0.1) is 5.41 Å². The van der Waals surface area contributed by atoms with Crippen molar-refractivity contribution < 1.29 is 14.0 Å². The van der Waals surface area contributed by atoms with Gasteiger partial charge in [-0.25, -0.2) is 4.39 Å². The van der Waals surface area contributed by atoms with Crippen molar-refractivity contribution in [1.29, 1.82) is 0 Å². The van der Waals surface area contributed by atoms with E-state index in [2.05, 4.69) is 10.6 Å². The number of nitrogens with two attached hydrogens (primary N) is 1. The lowest BCUT2D eigenvalue weighted by molar-refractivity contribution is -0.131. The van der Waals surface area contributed by atoms with E-state index < -0.39 is 17.1 Å². The number of anilines is 1. The van der Waals surface area contributed by atoms with Crippen LogP contribution in [0.1, 0.15) is 42.6 Å². The van der Waals surface area contributed by atoms with Gasteiger partial charge < -0.3 is 16.4 Å². The Bertz CT molecular complexity index is 801. The van der Waals surface area contributed by atoms with E-state index in [0.717, 1.165) is 5.56 Å². The summed E-state index contributed by atoms with van der Waals surface area (Å²) < 4.78 is 13.3. The van der Waals surface area contributed by atoms with E-state index in [-0.39, 0.29) is 23.9 Å². The molecule has 0 radical (unpaired) electrons. The van der Waals surface area contributed by atoms with Crippen LogP contribution in [0.25, 0.3) is 0 Å². The number of hydrogen-bond acceptors (Lipinski definition) is 3. The molecule has 5 nitrogen and oxygen atoms in total. The molecule has 0 spiro atoms. The third-order valence-corrected chi connectivity index (χ3v) is 4.95. The van der Waals surface area contributed by atoms with Crippen LogP contribution in [0.4, 0.5) is 10.1 Å². The highest BCUT2D eigenvalue weighted by Gasteiger charge is 2.32. The number of hydrogen-bond donors (Lipinski definition) is 3. The second-order valence-corrected chi connectivity index (χ2v) is 6.54. The first kappa shape index (κ1) is 23.6. The number of nitrogens with one attached hydrogen (secondary N) is 2. The molecule has 0 saturated heterocycles. The normalized spacial score (nSPS) is 10.7. The van der Waals surface area contributed by atoms with Crippen molar-refractivity contribution in [3.63, 3.8) is 0 Å². The summed E-state index contributed by atoms with van der Waals surface area (Å²) in [4.78, 5) is 24.7. The second-order valence-electron chi connectivity index (χ2n) is 6.54. The molecule has 0 atom stereocenters. The Morgan fingerprint density at radius 2 is 1.75 bits per heavy atom. The van der Waals surface area contributed by atoms with E-state index >= 15 is 0 Å². The van der Waals surface area contributed by atoms with Gasteiger partial charge in [-0.3, -0.25) is 9.59 Å². The molecule has 152 valence electrons. The highest BCUT2D eigenvalue weighted by Crippen LogP contribution is 2.25. The summed E-state index contributed by atoms with van der Waals surface area (Å²) in [6.07, 6.45) is 1.35. The largest absolute Gasteiger partial charge is 0.352 e. The zero-order chi connectivity index (χ0) is 19.9. The number of benzene rings is 2. The predicted octanol–water partition coefficient (Wildman–Crippen LogP) is 3.88. The lowest BCUT2D eigenvalue weighted by Crippen LogP contribution is -2.45. The first-order chi connectivity index (χ1) is 12.9. The van der Waals surface area contributed by atoms with Crippen LogP contribution in [0, 0.1) is 11.2 Å². The molecule has 0 aliphatic heterocycles. The molecule has 2 rings (SSSR count). The van der Waals surface area contributed by atoms with Gasteiger partial charge in [-0.1, -0.05) is 32.0 Å². The van der Waals surface area contributed by atoms with Gasteiger partial charge >= 0.3 is 0 Å². The van der Waals surface area contributed by atoms with Crippen LogP contribution in [0.2, 0.25) is 0 Å². The van der Waals surface area contributed by atoms with Gasteiger partial charge in [0.1, 0.15) is 5.82 Å². The molecule has 0 heterocycles. The minimum Gasteiger partial charge on any atom is -0.352 e. The maximum Gasteiger partial charge on any atom is 0.255 e. The molecule has 0 bridgehead atoms. The first-order valence-corrected chi connectivity index (χ1v) is 9.08. The summed E-state index contributed by atoms with van der Waals surface area (Å²) in [7, 11) is 0. The number of rotatable bonds is 8. The van der Waals surface area contributed by atoms with E-state index in [1.807, 2.05) is 19.9 Å². The van der Waals surface area contributed by atoms with E-state index in [1.165, 1.54) is 18.2 Å². The molecular formula is C21H27ClFN3O2. The van der Waals surface area contributed by atoms with Crippen molar-refractivity contribution in [2.45, 2.75) is 33.2 Å². The summed E-state index contributed by atoms with van der Waals surface area (Å²) in [5, 5.41) is 5.67. The van der Waals surface area contributed by atoms with Gasteiger partial charge in [0.15, 0.2) is 0 Å². The highest BCUT2D eigenvalue weighted by molar-refractivity contribution is 6.04. The third kappa shape index (κ3) is 5.78. The van der Waals surface area contributed by atoms with Crippen molar-refractivity contribution >= 4 is 29.9 Å².